The Kier molecular flexibility index (Phi) is 7.36. The molecule has 0 saturated carbocycles. The lowest BCUT2D eigenvalue weighted by atomic mass is 9.73. The van der Waals surface area contributed by atoms with Gasteiger partial charge in [0.05, 0.1) is 12.0 Å². The number of fused-ring (bicyclic) bond motifs is 1. The van der Waals surface area contributed by atoms with Gasteiger partial charge in [0.15, 0.2) is 0 Å². The molecular formula is C26H36N4O3. The Morgan fingerprint density at radius 3 is 2.67 bits per heavy atom. The fourth-order valence-corrected chi connectivity index (χ4v) is 5.11. The zero-order chi connectivity index (χ0) is 23.3. The molecular weight excluding hydrogens is 416 g/mol. The quantitative estimate of drug-likeness (QED) is 0.747. The fraction of sp³-hybridized carbons (Fsp3) is 0.577. The van der Waals surface area contributed by atoms with E-state index in [1.807, 2.05) is 30.9 Å². The predicted molar refractivity (Wildman–Crippen MR) is 127 cm³/mol. The lowest BCUT2D eigenvalue weighted by Crippen LogP contribution is -2.51. The fourth-order valence-electron chi connectivity index (χ4n) is 5.11. The largest absolute Gasteiger partial charge is 0.491 e. The van der Waals surface area contributed by atoms with E-state index in [0.717, 1.165) is 37.9 Å². The minimum Gasteiger partial charge on any atom is -0.491 e. The Morgan fingerprint density at radius 1 is 1.09 bits per heavy atom. The molecule has 7 heteroatoms. The molecule has 1 N–H and O–H groups in total. The first-order valence-corrected chi connectivity index (χ1v) is 12.3. The highest BCUT2D eigenvalue weighted by molar-refractivity contribution is 5.93. The zero-order valence-electron chi connectivity index (χ0n) is 19.9. The molecule has 1 saturated heterocycles. The minimum atomic E-state index is -0.407. The van der Waals surface area contributed by atoms with Crippen molar-refractivity contribution in [3.8, 4) is 5.75 Å². The Morgan fingerprint density at radius 2 is 1.88 bits per heavy atom. The first kappa shape index (κ1) is 23.3. The van der Waals surface area contributed by atoms with Crippen LogP contribution < -0.4 is 10.1 Å². The van der Waals surface area contributed by atoms with Crippen LogP contribution in [0.2, 0.25) is 0 Å². The normalized spacial score (nSPS) is 19.6. The average Bonchev–Trinajstić information content (AvgIpc) is 3.32. The zero-order valence-corrected chi connectivity index (χ0v) is 19.9. The summed E-state index contributed by atoms with van der Waals surface area (Å²) < 4.78 is 7.74. The predicted octanol–water partition coefficient (Wildman–Crippen LogP) is 4.00. The third-order valence-corrected chi connectivity index (χ3v) is 7.09. The Bertz CT molecular complexity index is 960. The van der Waals surface area contributed by atoms with Crippen molar-refractivity contribution in [2.75, 3.05) is 26.2 Å². The van der Waals surface area contributed by atoms with Crippen LogP contribution in [0.15, 0.2) is 36.5 Å². The van der Waals surface area contributed by atoms with E-state index in [4.69, 9.17) is 4.74 Å². The van der Waals surface area contributed by atoms with Crippen LogP contribution in [0.4, 0.5) is 0 Å². The number of ether oxygens (including phenoxy) is 1. The van der Waals surface area contributed by atoms with Crippen LogP contribution in [0.3, 0.4) is 0 Å². The van der Waals surface area contributed by atoms with Gasteiger partial charge in [0, 0.05) is 25.3 Å². The summed E-state index contributed by atoms with van der Waals surface area (Å²) in [4.78, 5) is 28.3. The summed E-state index contributed by atoms with van der Waals surface area (Å²) in [5, 5.41) is 7.43. The number of carbonyl (C=O) groups excluding carboxylic acids is 2. The molecule has 0 aliphatic carbocycles. The van der Waals surface area contributed by atoms with E-state index in [1.54, 1.807) is 16.9 Å². The molecule has 3 heterocycles. The second kappa shape index (κ2) is 10.4. The van der Waals surface area contributed by atoms with Gasteiger partial charge in [-0.15, -0.1) is 0 Å². The van der Waals surface area contributed by atoms with Gasteiger partial charge in [0.2, 0.25) is 5.91 Å². The van der Waals surface area contributed by atoms with Crippen molar-refractivity contribution < 1.29 is 14.3 Å². The summed E-state index contributed by atoms with van der Waals surface area (Å²) >= 11 is 0. The number of nitrogens with zero attached hydrogens (tertiary/aromatic N) is 3. The van der Waals surface area contributed by atoms with Gasteiger partial charge in [-0.2, -0.15) is 5.10 Å². The van der Waals surface area contributed by atoms with E-state index in [9.17, 15) is 9.59 Å². The van der Waals surface area contributed by atoms with Crippen LogP contribution >= 0.6 is 0 Å². The maximum Gasteiger partial charge on any atom is 0.272 e. The number of para-hydroxylation sites is 1. The van der Waals surface area contributed by atoms with Crippen LogP contribution in [0, 0.1) is 5.41 Å². The molecule has 0 unspecified atom stereocenters. The second-order valence-corrected chi connectivity index (χ2v) is 9.60. The monoisotopic (exact) mass is 452 g/mol. The molecule has 4 rings (SSSR count). The highest BCUT2D eigenvalue weighted by atomic mass is 16.5. The van der Waals surface area contributed by atoms with E-state index in [-0.39, 0.29) is 17.9 Å². The molecule has 1 spiro atoms. The van der Waals surface area contributed by atoms with Gasteiger partial charge in [0.1, 0.15) is 18.1 Å². The van der Waals surface area contributed by atoms with Gasteiger partial charge in [-0.05, 0) is 63.6 Å². The highest BCUT2D eigenvalue weighted by Crippen LogP contribution is 2.38. The van der Waals surface area contributed by atoms with Gasteiger partial charge in [0.25, 0.3) is 5.91 Å². The van der Waals surface area contributed by atoms with Gasteiger partial charge in [-0.25, -0.2) is 0 Å². The van der Waals surface area contributed by atoms with Crippen LogP contribution in [0.25, 0.3) is 0 Å². The number of amides is 2. The molecule has 7 nitrogen and oxygen atoms in total. The number of nitrogens with one attached hydrogen (secondary N) is 1. The molecule has 2 aliphatic rings. The number of aryl methyl sites for hydroxylation is 1. The molecule has 2 aromatic rings. The van der Waals surface area contributed by atoms with Gasteiger partial charge in [-0.1, -0.05) is 31.0 Å². The summed E-state index contributed by atoms with van der Waals surface area (Å²) in [6.07, 6.45) is 8.13. The molecule has 33 heavy (non-hydrogen) atoms. The smallest absolute Gasteiger partial charge is 0.272 e. The third-order valence-electron chi connectivity index (χ3n) is 7.09. The van der Waals surface area contributed by atoms with E-state index in [1.165, 1.54) is 5.56 Å². The first-order chi connectivity index (χ1) is 16.0. The van der Waals surface area contributed by atoms with Crippen molar-refractivity contribution in [1.82, 2.24) is 20.0 Å². The Balaban J connectivity index is 1.41. The minimum absolute atomic E-state index is 0.00673. The molecule has 1 aromatic carbocycles. The van der Waals surface area contributed by atoms with Crippen LogP contribution in [0.1, 0.15) is 74.5 Å². The van der Waals surface area contributed by atoms with E-state index < -0.39 is 5.41 Å². The molecule has 1 aromatic heterocycles. The SMILES string of the molecule is CC(C)n1nccc1C(=O)N1CCC2(CCCCCc3ccccc3OCCNC2=O)CC1. The van der Waals surface area contributed by atoms with Gasteiger partial charge in [-0.3, -0.25) is 14.3 Å². The summed E-state index contributed by atoms with van der Waals surface area (Å²) in [6, 6.07) is 10.1. The summed E-state index contributed by atoms with van der Waals surface area (Å²) in [6.45, 7) is 6.19. The van der Waals surface area contributed by atoms with E-state index >= 15 is 0 Å². The van der Waals surface area contributed by atoms with Crippen molar-refractivity contribution in [2.24, 2.45) is 5.41 Å². The van der Waals surface area contributed by atoms with E-state index in [0.29, 0.717) is 44.8 Å². The molecule has 0 atom stereocenters. The Labute approximate surface area is 196 Å². The Hall–Kier alpha value is -2.83. The van der Waals surface area contributed by atoms with Crippen LogP contribution in [0.5, 0.6) is 5.75 Å². The lowest BCUT2D eigenvalue weighted by Gasteiger charge is -2.41. The van der Waals surface area contributed by atoms with Crippen molar-refractivity contribution in [3.05, 3.63) is 47.8 Å². The van der Waals surface area contributed by atoms with Crippen molar-refractivity contribution >= 4 is 11.8 Å². The number of aromatic nitrogens is 2. The molecule has 2 aliphatic heterocycles. The van der Waals surface area contributed by atoms with Crippen LogP contribution in [-0.2, 0) is 11.2 Å². The van der Waals surface area contributed by atoms with Crippen LogP contribution in [-0.4, -0.2) is 52.7 Å². The van der Waals surface area contributed by atoms with Gasteiger partial charge >= 0.3 is 0 Å². The number of benzene rings is 1. The standard InChI is InChI=1S/C26H36N4O3/c1-20(2)30-22(11-15-28-30)24(31)29-17-13-26(14-18-29)12-7-3-4-8-21-9-5-6-10-23(21)33-19-16-27-25(26)32/h5-6,9-11,15,20H,3-4,7-8,12-14,16-19H2,1-2H3,(H,27,32). The summed E-state index contributed by atoms with van der Waals surface area (Å²) in [7, 11) is 0. The summed E-state index contributed by atoms with van der Waals surface area (Å²) in [5.74, 6) is 1.04. The van der Waals surface area contributed by atoms with Crippen molar-refractivity contribution in [2.45, 2.75) is 64.8 Å². The number of hydrogen-bond donors (Lipinski definition) is 1. The van der Waals surface area contributed by atoms with E-state index in [2.05, 4.69) is 22.5 Å². The highest BCUT2D eigenvalue weighted by Gasteiger charge is 2.42. The first-order valence-electron chi connectivity index (χ1n) is 12.3. The molecule has 2 amide bonds. The lowest BCUT2D eigenvalue weighted by molar-refractivity contribution is -0.134. The molecule has 0 radical (unpaired) electrons. The number of hydrogen-bond acceptors (Lipinski definition) is 4. The maximum absolute atomic E-state index is 13.3. The topological polar surface area (TPSA) is 76.5 Å². The number of carbonyl (C=O) groups is 2. The molecule has 178 valence electrons. The summed E-state index contributed by atoms with van der Waals surface area (Å²) in [5.41, 5.74) is 1.46. The molecule has 1 fully saturated rings. The van der Waals surface area contributed by atoms with Crippen molar-refractivity contribution in [3.63, 3.8) is 0 Å². The third kappa shape index (κ3) is 5.23. The van der Waals surface area contributed by atoms with Crippen molar-refractivity contribution in [1.29, 1.82) is 0 Å². The van der Waals surface area contributed by atoms with Gasteiger partial charge < -0.3 is 15.0 Å². The number of piperidine rings is 1. The number of rotatable bonds is 2. The maximum atomic E-state index is 13.3. The molecule has 0 bridgehead atoms. The number of likely N-dealkylation sites (tertiary alicyclic amines) is 1. The average molecular weight is 453 g/mol. The second-order valence-electron chi connectivity index (χ2n) is 9.60.